The van der Waals surface area contributed by atoms with Crippen molar-refractivity contribution in [3.8, 4) is 11.5 Å². The Morgan fingerprint density at radius 1 is 1.23 bits per heavy atom. The van der Waals surface area contributed by atoms with E-state index in [1.165, 1.54) is 0 Å². The van der Waals surface area contributed by atoms with Crippen LogP contribution in [0.4, 0.5) is 0 Å². The molecule has 26 heavy (non-hydrogen) atoms. The highest BCUT2D eigenvalue weighted by atomic mass is 16.5. The SMILES string of the molecule is Cc1ccc2c(c1)[C@@H](NC(=O)[C@@H](C)Oc1ccccc1C)CC(C)(C)O2. The third kappa shape index (κ3) is 4.01. The number of fused-ring (bicyclic) bond motifs is 1. The minimum Gasteiger partial charge on any atom is -0.487 e. The number of benzene rings is 2. The van der Waals surface area contributed by atoms with Gasteiger partial charge in [0.05, 0.1) is 6.04 Å². The number of hydrogen-bond donors (Lipinski definition) is 1. The van der Waals surface area contributed by atoms with Crippen LogP contribution in [-0.4, -0.2) is 17.6 Å². The number of carbonyl (C=O) groups is 1. The molecule has 1 heterocycles. The maximum absolute atomic E-state index is 12.8. The quantitative estimate of drug-likeness (QED) is 0.881. The minimum atomic E-state index is -0.574. The number of ether oxygens (including phenoxy) is 2. The van der Waals surface area contributed by atoms with Crippen molar-refractivity contribution in [3.63, 3.8) is 0 Å². The van der Waals surface area contributed by atoms with Crippen LogP contribution in [0.2, 0.25) is 0 Å². The van der Waals surface area contributed by atoms with Crippen molar-refractivity contribution in [3.05, 3.63) is 59.2 Å². The molecule has 4 nitrogen and oxygen atoms in total. The fourth-order valence-electron chi connectivity index (χ4n) is 3.32. The molecule has 0 unspecified atom stereocenters. The van der Waals surface area contributed by atoms with Gasteiger partial charge < -0.3 is 14.8 Å². The van der Waals surface area contributed by atoms with Crippen LogP contribution in [0.25, 0.3) is 0 Å². The number of nitrogens with one attached hydrogen (secondary N) is 1. The molecule has 4 heteroatoms. The molecule has 3 rings (SSSR count). The molecule has 1 N–H and O–H groups in total. The van der Waals surface area contributed by atoms with Gasteiger partial charge in [0.25, 0.3) is 5.91 Å². The highest BCUT2D eigenvalue weighted by Crippen LogP contribution is 2.39. The summed E-state index contributed by atoms with van der Waals surface area (Å²) in [7, 11) is 0. The molecule has 0 spiro atoms. The van der Waals surface area contributed by atoms with Gasteiger partial charge in [0.1, 0.15) is 17.1 Å². The van der Waals surface area contributed by atoms with Gasteiger partial charge in [-0.15, -0.1) is 0 Å². The first-order valence-electron chi connectivity index (χ1n) is 9.07. The van der Waals surface area contributed by atoms with Gasteiger partial charge in [-0.25, -0.2) is 0 Å². The van der Waals surface area contributed by atoms with Crippen molar-refractivity contribution < 1.29 is 14.3 Å². The van der Waals surface area contributed by atoms with Gasteiger partial charge in [-0.1, -0.05) is 35.9 Å². The predicted molar refractivity (Wildman–Crippen MR) is 103 cm³/mol. The van der Waals surface area contributed by atoms with E-state index in [-0.39, 0.29) is 17.6 Å². The lowest BCUT2D eigenvalue weighted by Gasteiger charge is -2.38. The number of rotatable bonds is 4. The molecule has 1 aliphatic rings. The summed E-state index contributed by atoms with van der Waals surface area (Å²) in [6.07, 6.45) is 0.141. The lowest BCUT2D eigenvalue weighted by atomic mass is 9.89. The molecule has 2 atom stereocenters. The molecule has 0 aliphatic carbocycles. The molecule has 0 bridgehead atoms. The monoisotopic (exact) mass is 353 g/mol. The summed E-state index contributed by atoms with van der Waals surface area (Å²) >= 11 is 0. The summed E-state index contributed by atoms with van der Waals surface area (Å²) in [4.78, 5) is 12.8. The molecule has 1 aliphatic heterocycles. The summed E-state index contributed by atoms with van der Waals surface area (Å²) in [6, 6.07) is 13.7. The molecular formula is C22H27NO3. The van der Waals surface area contributed by atoms with E-state index in [0.29, 0.717) is 6.42 Å². The zero-order chi connectivity index (χ0) is 18.9. The van der Waals surface area contributed by atoms with E-state index < -0.39 is 6.10 Å². The van der Waals surface area contributed by atoms with E-state index >= 15 is 0 Å². The van der Waals surface area contributed by atoms with E-state index in [1.807, 2.05) is 64.1 Å². The second-order valence-electron chi connectivity index (χ2n) is 7.69. The Morgan fingerprint density at radius 2 is 1.96 bits per heavy atom. The molecule has 2 aromatic carbocycles. The predicted octanol–water partition coefficient (Wildman–Crippen LogP) is 4.49. The molecule has 0 radical (unpaired) electrons. The van der Waals surface area contributed by atoms with Gasteiger partial charge in [-0.05, 0) is 52.3 Å². The minimum absolute atomic E-state index is 0.0935. The van der Waals surface area contributed by atoms with Gasteiger partial charge in [0.2, 0.25) is 0 Å². The Kier molecular flexibility index (Phi) is 4.94. The summed E-state index contributed by atoms with van der Waals surface area (Å²) < 4.78 is 11.9. The molecule has 0 saturated carbocycles. The maximum Gasteiger partial charge on any atom is 0.261 e. The summed E-state index contributed by atoms with van der Waals surface area (Å²) in [6.45, 7) is 9.89. The van der Waals surface area contributed by atoms with Crippen molar-refractivity contribution in [2.45, 2.75) is 58.8 Å². The number of aryl methyl sites for hydroxylation is 2. The van der Waals surface area contributed by atoms with Crippen LogP contribution in [-0.2, 0) is 4.79 Å². The number of amides is 1. The largest absolute Gasteiger partial charge is 0.487 e. The van der Waals surface area contributed by atoms with E-state index in [4.69, 9.17) is 9.47 Å². The van der Waals surface area contributed by atoms with E-state index in [0.717, 1.165) is 28.2 Å². The normalized spacial score (nSPS) is 19.0. The smallest absolute Gasteiger partial charge is 0.261 e. The van der Waals surface area contributed by atoms with Crippen LogP contribution in [0.5, 0.6) is 11.5 Å². The van der Waals surface area contributed by atoms with Crippen molar-refractivity contribution in [2.75, 3.05) is 0 Å². The molecule has 0 aromatic heterocycles. The van der Waals surface area contributed by atoms with Gasteiger partial charge in [-0.2, -0.15) is 0 Å². The zero-order valence-electron chi connectivity index (χ0n) is 16.1. The van der Waals surface area contributed by atoms with Crippen LogP contribution in [0.15, 0.2) is 42.5 Å². The highest BCUT2D eigenvalue weighted by molar-refractivity contribution is 5.81. The fraction of sp³-hybridized carbons (Fsp3) is 0.409. The first kappa shape index (κ1) is 18.3. The summed E-state index contributed by atoms with van der Waals surface area (Å²) in [5.74, 6) is 1.45. The maximum atomic E-state index is 12.8. The van der Waals surface area contributed by atoms with Crippen molar-refractivity contribution >= 4 is 5.91 Å². The average Bonchev–Trinajstić information content (AvgIpc) is 2.57. The van der Waals surface area contributed by atoms with Gasteiger partial charge in [0, 0.05) is 12.0 Å². The number of hydrogen-bond acceptors (Lipinski definition) is 3. The third-order valence-electron chi connectivity index (χ3n) is 4.71. The van der Waals surface area contributed by atoms with Crippen molar-refractivity contribution in [1.29, 1.82) is 0 Å². The Morgan fingerprint density at radius 3 is 2.69 bits per heavy atom. The van der Waals surface area contributed by atoms with E-state index in [1.54, 1.807) is 6.92 Å². The number of carbonyl (C=O) groups excluding carboxylic acids is 1. The second kappa shape index (κ2) is 7.02. The Labute approximate surface area is 155 Å². The van der Waals surface area contributed by atoms with Crippen molar-refractivity contribution in [2.24, 2.45) is 0 Å². The first-order valence-corrected chi connectivity index (χ1v) is 9.07. The van der Waals surface area contributed by atoms with E-state index in [2.05, 4.69) is 11.4 Å². The summed E-state index contributed by atoms with van der Waals surface area (Å²) in [5.41, 5.74) is 2.86. The molecule has 1 amide bonds. The molecule has 138 valence electrons. The standard InChI is InChI=1S/C22H27NO3/c1-14-10-11-20-17(12-14)18(13-22(4,5)26-20)23-21(24)16(3)25-19-9-7-6-8-15(19)2/h6-12,16,18H,13H2,1-5H3,(H,23,24)/t16-,18+/m1/s1. The van der Waals surface area contributed by atoms with Gasteiger partial charge in [0.15, 0.2) is 6.10 Å². The highest BCUT2D eigenvalue weighted by Gasteiger charge is 2.35. The second-order valence-corrected chi connectivity index (χ2v) is 7.69. The van der Waals surface area contributed by atoms with Crippen LogP contribution >= 0.6 is 0 Å². The average molecular weight is 353 g/mol. The van der Waals surface area contributed by atoms with Crippen LogP contribution in [0.1, 0.15) is 49.9 Å². The first-order chi connectivity index (χ1) is 12.2. The Hall–Kier alpha value is -2.49. The fourth-order valence-corrected chi connectivity index (χ4v) is 3.32. The number of para-hydroxylation sites is 1. The molecular weight excluding hydrogens is 326 g/mol. The lowest BCUT2D eigenvalue weighted by molar-refractivity contribution is -0.128. The molecule has 2 aromatic rings. The van der Waals surface area contributed by atoms with E-state index in [9.17, 15) is 4.79 Å². The Bertz CT molecular complexity index is 813. The Balaban J connectivity index is 1.76. The summed E-state index contributed by atoms with van der Waals surface area (Å²) in [5, 5.41) is 3.15. The zero-order valence-corrected chi connectivity index (χ0v) is 16.1. The third-order valence-corrected chi connectivity index (χ3v) is 4.71. The topological polar surface area (TPSA) is 47.6 Å². The lowest BCUT2D eigenvalue weighted by Crippen LogP contribution is -2.44. The molecule has 0 fully saturated rings. The molecule has 0 saturated heterocycles. The van der Waals surface area contributed by atoms with Crippen LogP contribution in [0, 0.1) is 13.8 Å². The van der Waals surface area contributed by atoms with Gasteiger partial charge >= 0.3 is 0 Å². The van der Waals surface area contributed by atoms with Crippen LogP contribution in [0.3, 0.4) is 0 Å². The van der Waals surface area contributed by atoms with Crippen molar-refractivity contribution in [1.82, 2.24) is 5.32 Å². The van der Waals surface area contributed by atoms with Crippen LogP contribution < -0.4 is 14.8 Å². The van der Waals surface area contributed by atoms with Gasteiger partial charge in [-0.3, -0.25) is 4.79 Å².